The van der Waals surface area contributed by atoms with Crippen molar-refractivity contribution in [3.05, 3.63) is 0 Å². The zero-order chi connectivity index (χ0) is 7.68. The third kappa shape index (κ3) is 1.62. The molecule has 2 heteroatoms. The summed E-state index contributed by atoms with van der Waals surface area (Å²) in [5, 5.41) is 3.28. The summed E-state index contributed by atoms with van der Waals surface area (Å²) in [5.74, 6) is 1.35. The summed E-state index contributed by atoms with van der Waals surface area (Å²) >= 11 is 0. The Labute approximate surface area is 67.4 Å². The van der Waals surface area contributed by atoms with Gasteiger partial charge in [-0.2, -0.15) is 0 Å². The van der Waals surface area contributed by atoms with Gasteiger partial charge in [0.1, 0.15) is 5.78 Å². The fourth-order valence-corrected chi connectivity index (χ4v) is 1.80. The number of rotatable bonds is 2. The van der Waals surface area contributed by atoms with Crippen LogP contribution in [0.15, 0.2) is 0 Å². The van der Waals surface area contributed by atoms with Gasteiger partial charge in [0.05, 0.1) is 0 Å². The zero-order valence-corrected chi connectivity index (χ0v) is 6.81. The van der Waals surface area contributed by atoms with Crippen LogP contribution < -0.4 is 5.32 Å². The summed E-state index contributed by atoms with van der Waals surface area (Å²) in [6.07, 6.45) is 4.64. The maximum Gasteiger partial charge on any atom is 0.140 e. The molecule has 62 valence electrons. The Hall–Kier alpha value is -0.370. The lowest BCUT2D eigenvalue weighted by Gasteiger charge is -2.21. The number of hydrogen-bond acceptors (Lipinski definition) is 2. The van der Waals surface area contributed by atoms with Gasteiger partial charge in [-0.05, 0) is 32.2 Å². The van der Waals surface area contributed by atoms with E-state index in [0.717, 1.165) is 32.4 Å². The third-order valence-electron chi connectivity index (χ3n) is 2.68. The molecule has 2 fully saturated rings. The summed E-state index contributed by atoms with van der Waals surface area (Å²) in [7, 11) is 0. The first-order chi connectivity index (χ1) is 5.38. The van der Waals surface area contributed by atoms with Crippen molar-refractivity contribution in [2.45, 2.75) is 25.7 Å². The van der Waals surface area contributed by atoms with Crippen LogP contribution in [0.5, 0.6) is 0 Å². The van der Waals surface area contributed by atoms with E-state index in [0.29, 0.717) is 17.6 Å². The predicted octanol–water partition coefficient (Wildman–Crippen LogP) is 0.965. The summed E-state index contributed by atoms with van der Waals surface area (Å²) in [6, 6.07) is 0. The third-order valence-corrected chi connectivity index (χ3v) is 2.68. The van der Waals surface area contributed by atoms with Crippen LogP contribution in [0.2, 0.25) is 0 Å². The minimum absolute atomic E-state index is 0.358. The number of ketones is 1. The van der Waals surface area contributed by atoms with Crippen LogP contribution in [0.3, 0.4) is 0 Å². The highest BCUT2D eigenvalue weighted by atomic mass is 16.1. The summed E-state index contributed by atoms with van der Waals surface area (Å²) in [5.41, 5.74) is 0. The monoisotopic (exact) mass is 153 g/mol. The van der Waals surface area contributed by atoms with Crippen LogP contribution in [0.4, 0.5) is 0 Å². The molecule has 11 heavy (non-hydrogen) atoms. The molecule has 1 aliphatic carbocycles. The number of carbonyl (C=O) groups excluding carboxylic acids is 1. The van der Waals surface area contributed by atoms with Gasteiger partial charge in [0.2, 0.25) is 0 Å². The highest BCUT2D eigenvalue weighted by Crippen LogP contribution is 2.33. The van der Waals surface area contributed by atoms with Gasteiger partial charge in [0, 0.05) is 18.4 Å². The molecule has 0 aromatic carbocycles. The van der Waals surface area contributed by atoms with E-state index in [9.17, 15) is 4.79 Å². The van der Waals surface area contributed by atoms with Gasteiger partial charge in [0.15, 0.2) is 0 Å². The molecule has 0 spiro atoms. The van der Waals surface area contributed by atoms with Gasteiger partial charge in [-0.15, -0.1) is 0 Å². The Morgan fingerprint density at radius 3 is 2.55 bits per heavy atom. The highest BCUT2D eigenvalue weighted by molar-refractivity contribution is 5.85. The standard InChI is InChI=1S/C9H15NO/c11-9(7-3-4-7)8-2-1-5-10-6-8/h7-8,10H,1-6H2. The molecule has 0 bridgehead atoms. The van der Waals surface area contributed by atoms with Crippen LogP contribution in [-0.4, -0.2) is 18.9 Å². The molecule has 2 nitrogen and oxygen atoms in total. The molecular formula is C9H15NO. The van der Waals surface area contributed by atoms with Gasteiger partial charge < -0.3 is 5.32 Å². The van der Waals surface area contributed by atoms with E-state index >= 15 is 0 Å². The number of Topliss-reactive ketones (excluding diaryl/α,β-unsaturated/α-hetero) is 1. The zero-order valence-electron chi connectivity index (χ0n) is 6.81. The number of hydrogen-bond donors (Lipinski definition) is 1. The van der Waals surface area contributed by atoms with Crippen LogP contribution >= 0.6 is 0 Å². The second-order valence-electron chi connectivity index (χ2n) is 3.72. The number of carbonyl (C=O) groups is 1. The molecule has 1 atom stereocenters. The van der Waals surface area contributed by atoms with E-state index in [2.05, 4.69) is 5.32 Å². The highest BCUT2D eigenvalue weighted by Gasteiger charge is 2.34. The normalized spacial score (nSPS) is 31.8. The minimum atomic E-state index is 0.358. The fraction of sp³-hybridized carbons (Fsp3) is 0.889. The molecule has 1 saturated carbocycles. The molecule has 0 amide bonds. The molecule has 0 aromatic rings. The molecule has 2 aliphatic rings. The molecule has 0 aromatic heterocycles. The maximum atomic E-state index is 11.5. The summed E-state index contributed by atoms with van der Waals surface area (Å²) in [4.78, 5) is 11.5. The maximum absolute atomic E-state index is 11.5. The Balaban J connectivity index is 1.86. The van der Waals surface area contributed by atoms with Crippen molar-refractivity contribution < 1.29 is 4.79 Å². The number of piperidine rings is 1. The van der Waals surface area contributed by atoms with Crippen molar-refractivity contribution in [3.63, 3.8) is 0 Å². The van der Waals surface area contributed by atoms with E-state index in [-0.39, 0.29) is 0 Å². The van der Waals surface area contributed by atoms with Gasteiger partial charge in [0.25, 0.3) is 0 Å². The van der Waals surface area contributed by atoms with Crippen molar-refractivity contribution in [1.82, 2.24) is 5.32 Å². The van der Waals surface area contributed by atoms with Crippen molar-refractivity contribution in [2.75, 3.05) is 13.1 Å². The van der Waals surface area contributed by atoms with Crippen molar-refractivity contribution in [3.8, 4) is 0 Å². The Bertz CT molecular complexity index is 157. The molecular weight excluding hydrogens is 138 g/mol. The largest absolute Gasteiger partial charge is 0.316 e. The van der Waals surface area contributed by atoms with Gasteiger partial charge in [-0.1, -0.05) is 0 Å². The second kappa shape index (κ2) is 2.94. The Morgan fingerprint density at radius 1 is 1.18 bits per heavy atom. The van der Waals surface area contributed by atoms with Crippen molar-refractivity contribution >= 4 is 5.78 Å². The van der Waals surface area contributed by atoms with Crippen molar-refractivity contribution in [2.24, 2.45) is 11.8 Å². The molecule has 1 saturated heterocycles. The first-order valence-electron chi connectivity index (χ1n) is 4.62. The van der Waals surface area contributed by atoms with E-state index in [1.54, 1.807) is 0 Å². The lowest BCUT2D eigenvalue weighted by atomic mass is 9.93. The first kappa shape index (κ1) is 7.29. The van der Waals surface area contributed by atoms with Gasteiger partial charge >= 0.3 is 0 Å². The van der Waals surface area contributed by atoms with Gasteiger partial charge in [-0.25, -0.2) is 0 Å². The SMILES string of the molecule is O=C(C1CC1)C1CCCNC1. The Kier molecular flexibility index (Phi) is 1.95. The smallest absolute Gasteiger partial charge is 0.140 e. The fourth-order valence-electron chi connectivity index (χ4n) is 1.80. The lowest BCUT2D eigenvalue weighted by Crippen LogP contribution is -2.35. The first-order valence-corrected chi connectivity index (χ1v) is 4.62. The second-order valence-corrected chi connectivity index (χ2v) is 3.72. The van der Waals surface area contributed by atoms with Crippen LogP contribution in [0.25, 0.3) is 0 Å². The van der Waals surface area contributed by atoms with E-state index in [1.165, 1.54) is 6.42 Å². The average molecular weight is 153 g/mol. The molecule has 0 radical (unpaired) electrons. The topological polar surface area (TPSA) is 29.1 Å². The minimum Gasteiger partial charge on any atom is -0.316 e. The lowest BCUT2D eigenvalue weighted by molar-refractivity contribution is -0.124. The van der Waals surface area contributed by atoms with Crippen LogP contribution in [-0.2, 0) is 4.79 Å². The quantitative estimate of drug-likeness (QED) is 0.640. The van der Waals surface area contributed by atoms with Crippen LogP contribution in [0.1, 0.15) is 25.7 Å². The average Bonchev–Trinajstić information content (AvgIpc) is 2.87. The van der Waals surface area contributed by atoms with Gasteiger partial charge in [-0.3, -0.25) is 4.79 Å². The molecule has 1 heterocycles. The van der Waals surface area contributed by atoms with E-state index < -0.39 is 0 Å². The number of nitrogens with one attached hydrogen (secondary N) is 1. The summed E-state index contributed by atoms with van der Waals surface area (Å²) < 4.78 is 0. The van der Waals surface area contributed by atoms with Crippen LogP contribution in [0, 0.1) is 11.8 Å². The molecule has 1 aliphatic heterocycles. The molecule has 1 unspecified atom stereocenters. The molecule has 1 N–H and O–H groups in total. The van der Waals surface area contributed by atoms with E-state index in [4.69, 9.17) is 0 Å². The predicted molar refractivity (Wildman–Crippen MR) is 43.3 cm³/mol. The Morgan fingerprint density at radius 2 is 2.00 bits per heavy atom. The summed E-state index contributed by atoms with van der Waals surface area (Å²) in [6.45, 7) is 2.05. The van der Waals surface area contributed by atoms with E-state index in [1.807, 2.05) is 0 Å². The molecule has 2 rings (SSSR count). The van der Waals surface area contributed by atoms with Crippen molar-refractivity contribution in [1.29, 1.82) is 0 Å².